The number of hydrogen-bond donors (Lipinski definition) is 1. The van der Waals surface area contributed by atoms with Crippen molar-refractivity contribution in [1.29, 1.82) is 0 Å². The molecule has 2 heterocycles. The van der Waals surface area contributed by atoms with Gasteiger partial charge in [0.2, 0.25) is 0 Å². The Balaban J connectivity index is 2.43. The zero-order chi connectivity index (χ0) is 10.7. The second-order valence-electron chi connectivity index (χ2n) is 3.05. The Kier molecular flexibility index (Phi) is 2.69. The van der Waals surface area contributed by atoms with Gasteiger partial charge in [0, 0.05) is 29.7 Å². The summed E-state index contributed by atoms with van der Waals surface area (Å²) in [5.74, 6) is -0.501. The average Bonchev–Trinajstić information content (AvgIpc) is 2.30. The Morgan fingerprint density at radius 1 is 1.27 bits per heavy atom. The van der Waals surface area contributed by atoms with Crippen LogP contribution in [0.2, 0.25) is 0 Å². The molecular formula is C11H9FN2O. The van der Waals surface area contributed by atoms with Gasteiger partial charge in [0.1, 0.15) is 11.5 Å². The van der Waals surface area contributed by atoms with E-state index in [0.29, 0.717) is 5.56 Å². The topological polar surface area (TPSA) is 46.0 Å². The standard InChI is InChI=1S/C11H9FN2O/c12-10-4-9(6-14-11(10)7-15)8-2-1-3-13-5-8/h1-6,15H,7H2. The summed E-state index contributed by atoms with van der Waals surface area (Å²) in [7, 11) is 0. The first-order valence-electron chi connectivity index (χ1n) is 4.47. The molecule has 1 N–H and O–H groups in total. The van der Waals surface area contributed by atoms with Crippen molar-refractivity contribution in [2.24, 2.45) is 0 Å². The van der Waals surface area contributed by atoms with Crippen LogP contribution in [0.25, 0.3) is 11.1 Å². The zero-order valence-corrected chi connectivity index (χ0v) is 7.89. The van der Waals surface area contributed by atoms with Crippen molar-refractivity contribution in [2.45, 2.75) is 6.61 Å². The number of aliphatic hydroxyl groups is 1. The quantitative estimate of drug-likeness (QED) is 0.810. The lowest BCUT2D eigenvalue weighted by molar-refractivity contribution is 0.270. The van der Waals surface area contributed by atoms with Crippen LogP contribution in [-0.2, 0) is 6.61 Å². The monoisotopic (exact) mass is 204 g/mol. The summed E-state index contributed by atoms with van der Waals surface area (Å²) in [6, 6.07) is 4.94. The molecule has 76 valence electrons. The SMILES string of the molecule is OCc1ncc(-c2cccnc2)cc1F. The summed E-state index contributed by atoms with van der Waals surface area (Å²) in [6.45, 7) is -0.390. The minimum absolute atomic E-state index is 0.0580. The van der Waals surface area contributed by atoms with Crippen LogP contribution in [0.5, 0.6) is 0 Å². The van der Waals surface area contributed by atoms with Crippen molar-refractivity contribution in [1.82, 2.24) is 9.97 Å². The van der Waals surface area contributed by atoms with Crippen LogP contribution >= 0.6 is 0 Å². The van der Waals surface area contributed by atoms with Gasteiger partial charge in [0.25, 0.3) is 0 Å². The first-order chi connectivity index (χ1) is 7.31. The van der Waals surface area contributed by atoms with Crippen LogP contribution in [0, 0.1) is 5.82 Å². The fraction of sp³-hybridized carbons (Fsp3) is 0.0909. The lowest BCUT2D eigenvalue weighted by Gasteiger charge is -2.02. The van der Waals surface area contributed by atoms with E-state index in [-0.39, 0.29) is 12.3 Å². The fourth-order valence-corrected chi connectivity index (χ4v) is 1.27. The molecule has 0 aromatic carbocycles. The summed E-state index contributed by atoms with van der Waals surface area (Å²) >= 11 is 0. The summed E-state index contributed by atoms with van der Waals surface area (Å²) in [4.78, 5) is 7.75. The highest BCUT2D eigenvalue weighted by atomic mass is 19.1. The highest BCUT2D eigenvalue weighted by Gasteiger charge is 2.05. The van der Waals surface area contributed by atoms with Crippen LogP contribution in [0.3, 0.4) is 0 Å². The summed E-state index contributed by atoms with van der Waals surface area (Å²) in [5.41, 5.74) is 1.51. The van der Waals surface area contributed by atoms with E-state index in [1.165, 1.54) is 12.3 Å². The highest BCUT2D eigenvalue weighted by Crippen LogP contribution is 2.18. The van der Waals surface area contributed by atoms with Gasteiger partial charge in [0.05, 0.1) is 6.61 Å². The van der Waals surface area contributed by atoms with Crippen LogP contribution in [0.1, 0.15) is 5.69 Å². The normalized spacial score (nSPS) is 10.3. The lowest BCUT2D eigenvalue weighted by Crippen LogP contribution is -1.95. The third kappa shape index (κ3) is 1.99. The molecule has 0 aliphatic heterocycles. The van der Waals surface area contributed by atoms with Crippen LogP contribution < -0.4 is 0 Å². The number of aromatic nitrogens is 2. The molecule has 0 atom stereocenters. The van der Waals surface area contributed by atoms with Crippen molar-refractivity contribution in [2.75, 3.05) is 0 Å². The summed E-state index contributed by atoms with van der Waals surface area (Å²) in [5, 5.41) is 8.77. The van der Waals surface area contributed by atoms with E-state index in [0.717, 1.165) is 5.56 Å². The molecule has 2 aromatic rings. The second-order valence-corrected chi connectivity index (χ2v) is 3.05. The molecule has 0 saturated carbocycles. The van der Waals surface area contributed by atoms with Crippen molar-refractivity contribution < 1.29 is 9.50 Å². The van der Waals surface area contributed by atoms with Gasteiger partial charge in [-0.15, -0.1) is 0 Å². The largest absolute Gasteiger partial charge is 0.390 e. The number of hydrogen-bond acceptors (Lipinski definition) is 3. The van der Waals surface area contributed by atoms with Crippen LogP contribution in [-0.4, -0.2) is 15.1 Å². The van der Waals surface area contributed by atoms with Gasteiger partial charge in [-0.05, 0) is 12.1 Å². The molecule has 0 aliphatic rings. The predicted octanol–water partition coefficient (Wildman–Crippen LogP) is 1.77. The second kappa shape index (κ2) is 4.14. The number of nitrogens with zero attached hydrogens (tertiary/aromatic N) is 2. The average molecular weight is 204 g/mol. The lowest BCUT2D eigenvalue weighted by atomic mass is 10.1. The molecule has 3 nitrogen and oxygen atoms in total. The zero-order valence-electron chi connectivity index (χ0n) is 7.89. The number of aliphatic hydroxyl groups excluding tert-OH is 1. The van der Waals surface area contributed by atoms with Crippen LogP contribution in [0.4, 0.5) is 4.39 Å². The third-order valence-corrected chi connectivity index (χ3v) is 2.06. The molecule has 0 spiro atoms. The van der Waals surface area contributed by atoms with E-state index in [1.54, 1.807) is 18.5 Å². The molecular weight excluding hydrogens is 195 g/mol. The number of halogens is 1. The maximum absolute atomic E-state index is 13.3. The molecule has 15 heavy (non-hydrogen) atoms. The molecule has 4 heteroatoms. The van der Waals surface area contributed by atoms with Gasteiger partial charge >= 0.3 is 0 Å². The minimum Gasteiger partial charge on any atom is -0.390 e. The first kappa shape index (κ1) is 9.73. The Labute approximate surface area is 86.3 Å². The van der Waals surface area contributed by atoms with E-state index in [9.17, 15) is 4.39 Å². The van der Waals surface area contributed by atoms with Gasteiger partial charge in [-0.25, -0.2) is 4.39 Å². The third-order valence-electron chi connectivity index (χ3n) is 2.06. The molecule has 0 fully saturated rings. The molecule has 0 unspecified atom stereocenters. The Morgan fingerprint density at radius 3 is 2.73 bits per heavy atom. The Morgan fingerprint density at radius 2 is 2.13 bits per heavy atom. The predicted molar refractivity (Wildman–Crippen MR) is 53.3 cm³/mol. The first-order valence-corrected chi connectivity index (χ1v) is 4.47. The summed E-state index contributed by atoms with van der Waals surface area (Å²) in [6.07, 6.45) is 4.80. The van der Waals surface area contributed by atoms with E-state index in [2.05, 4.69) is 9.97 Å². The van der Waals surface area contributed by atoms with E-state index < -0.39 is 5.82 Å². The molecule has 0 aliphatic carbocycles. The van der Waals surface area contributed by atoms with Gasteiger partial charge in [-0.1, -0.05) is 6.07 Å². The molecule has 2 aromatic heterocycles. The van der Waals surface area contributed by atoms with Crippen molar-refractivity contribution in [3.63, 3.8) is 0 Å². The van der Waals surface area contributed by atoms with Crippen LogP contribution in [0.15, 0.2) is 36.8 Å². The Hall–Kier alpha value is -1.81. The van der Waals surface area contributed by atoms with Gasteiger partial charge in [0.15, 0.2) is 0 Å². The minimum atomic E-state index is -0.501. The maximum atomic E-state index is 13.3. The molecule has 0 bridgehead atoms. The number of pyridine rings is 2. The maximum Gasteiger partial charge on any atom is 0.147 e. The van der Waals surface area contributed by atoms with Gasteiger partial charge in [-0.3, -0.25) is 9.97 Å². The number of rotatable bonds is 2. The van der Waals surface area contributed by atoms with Crippen molar-refractivity contribution in [3.8, 4) is 11.1 Å². The molecule has 0 radical (unpaired) electrons. The highest BCUT2D eigenvalue weighted by molar-refractivity contribution is 5.61. The van der Waals surface area contributed by atoms with E-state index in [4.69, 9.17) is 5.11 Å². The van der Waals surface area contributed by atoms with Gasteiger partial charge < -0.3 is 5.11 Å². The molecule has 2 rings (SSSR count). The van der Waals surface area contributed by atoms with E-state index in [1.807, 2.05) is 6.07 Å². The fourth-order valence-electron chi connectivity index (χ4n) is 1.27. The molecule has 0 saturated heterocycles. The van der Waals surface area contributed by atoms with Crippen molar-refractivity contribution >= 4 is 0 Å². The molecule has 0 amide bonds. The van der Waals surface area contributed by atoms with E-state index >= 15 is 0 Å². The van der Waals surface area contributed by atoms with Crippen molar-refractivity contribution in [3.05, 3.63) is 48.3 Å². The Bertz CT molecular complexity index is 459. The summed E-state index contributed by atoms with van der Waals surface area (Å²) < 4.78 is 13.3. The van der Waals surface area contributed by atoms with Gasteiger partial charge in [-0.2, -0.15) is 0 Å². The smallest absolute Gasteiger partial charge is 0.147 e.